The SMILES string of the molecule is Cc1nc(-c2ccccc2)c(C(=O)OCC(=O)N[C@@H](C)c2ccccc2)s1. The van der Waals surface area contributed by atoms with Crippen LogP contribution < -0.4 is 5.32 Å². The van der Waals surface area contributed by atoms with Crippen LogP contribution in [0.15, 0.2) is 60.7 Å². The fourth-order valence-electron chi connectivity index (χ4n) is 2.66. The minimum Gasteiger partial charge on any atom is -0.451 e. The molecule has 0 bridgehead atoms. The summed E-state index contributed by atoms with van der Waals surface area (Å²) in [6.07, 6.45) is 0. The second kappa shape index (κ2) is 8.60. The van der Waals surface area contributed by atoms with Gasteiger partial charge in [0.2, 0.25) is 0 Å². The van der Waals surface area contributed by atoms with Crippen LogP contribution in [0, 0.1) is 6.92 Å². The van der Waals surface area contributed by atoms with Crippen LogP contribution in [0.2, 0.25) is 0 Å². The fraction of sp³-hybridized carbons (Fsp3) is 0.190. The second-order valence-corrected chi connectivity index (χ2v) is 7.26. The van der Waals surface area contributed by atoms with Crippen molar-refractivity contribution in [3.63, 3.8) is 0 Å². The largest absolute Gasteiger partial charge is 0.451 e. The van der Waals surface area contributed by atoms with E-state index < -0.39 is 5.97 Å². The van der Waals surface area contributed by atoms with Crippen LogP contribution in [0.25, 0.3) is 11.3 Å². The van der Waals surface area contributed by atoms with Gasteiger partial charge in [-0.2, -0.15) is 0 Å². The van der Waals surface area contributed by atoms with Gasteiger partial charge in [0.15, 0.2) is 6.61 Å². The van der Waals surface area contributed by atoms with Crippen molar-refractivity contribution < 1.29 is 14.3 Å². The maximum Gasteiger partial charge on any atom is 0.351 e. The molecule has 2 aromatic carbocycles. The van der Waals surface area contributed by atoms with Crippen LogP contribution in [-0.4, -0.2) is 23.5 Å². The van der Waals surface area contributed by atoms with E-state index >= 15 is 0 Å². The van der Waals surface area contributed by atoms with Crippen molar-refractivity contribution in [1.82, 2.24) is 10.3 Å². The van der Waals surface area contributed by atoms with Gasteiger partial charge >= 0.3 is 5.97 Å². The Morgan fingerprint density at radius 2 is 1.70 bits per heavy atom. The number of nitrogens with one attached hydrogen (secondary N) is 1. The zero-order valence-corrected chi connectivity index (χ0v) is 16.0. The molecular weight excluding hydrogens is 360 g/mol. The summed E-state index contributed by atoms with van der Waals surface area (Å²) < 4.78 is 5.22. The lowest BCUT2D eigenvalue weighted by Gasteiger charge is -2.14. The van der Waals surface area contributed by atoms with Gasteiger partial charge in [0.05, 0.1) is 16.7 Å². The number of hydrogen-bond donors (Lipinski definition) is 1. The fourth-order valence-corrected chi connectivity index (χ4v) is 3.50. The Hall–Kier alpha value is -2.99. The Bertz CT molecular complexity index is 923. The third-order valence-electron chi connectivity index (χ3n) is 3.98. The van der Waals surface area contributed by atoms with Crippen LogP contribution in [0.4, 0.5) is 0 Å². The predicted molar refractivity (Wildman–Crippen MR) is 106 cm³/mol. The molecule has 6 heteroatoms. The van der Waals surface area contributed by atoms with Gasteiger partial charge in [-0.3, -0.25) is 4.79 Å². The molecule has 0 saturated heterocycles. The minimum atomic E-state index is -0.540. The van der Waals surface area contributed by atoms with Crippen LogP contribution in [-0.2, 0) is 9.53 Å². The van der Waals surface area contributed by atoms with Crippen molar-refractivity contribution in [1.29, 1.82) is 0 Å². The third kappa shape index (κ3) is 4.80. The third-order valence-corrected chi connectivity index (χ3v) is 4.93. The average molecular weight is 380 g/mol. The van der Waals surface area contributed by atoms with Gasteiger partial charge in [-0.15, -0.1) is 11.3 Å². The standard InChI is InChI=1S/C21H20N2O3S/c1-14(16-9-5-3-6-10-16)22-18(24)13-26-21(25)20-19(23-15(2)27-20)17-11-7-4-8-12-17/h3-12,14H,13H2,1-2H3,(H,22,24)/t14-/m0/s1. The van der Waals surface area contributed by atoms with Crippen LogP contribution in [0.1, 0.15) is 33.2 Å². The highest BCUT2D eigenvalue weighted by atomic mass is 32.1. The first-order valence-electron chi connectivity index (χ1n) is 8.59. The summed E-state index contributed by atoms with van der Waals surface area (Å²) in [5.41, 5.74) is 2.42. The van der Waals surface area contributed by atoms with E-state index in [0.29, 0.717) is 10.6 Å². The van der Waals surface area contributed by atoms with E-state index in [1.165, 1.54) is 11.3 Å². The van der Waals surface area contributed by atoms with Gasteiger partial charge in [-0.05, 0) is 19.4 Å². The van der Waals surface area contributed by atoms with Gasteiger partial charge < -0.3 is 10.1 Å². The molecule has 1 amide bonds. The molecule has 27 heavy (non-hydrogen) atoms. The molecule has 138 valence electrons. The van der Waals surface area contributed by atoms with E-state index in [4.69, 9.17) is 4.74 Å². The number of aryl methyl sites for hydroxylation is 1. The Morgan fingerprint density at radius 1 is 1.07 bits per heavy atom. The van der Waals surface area contributed by atoms with Gasteiger partial charge in [0.25, 0.3) is 5.91 Å². The predicted octanol–water partition coefficient (Wildman–Crippen LogP) is 4.15. The smallest absolute Gasteiger partial charge is 0.351 e. The lowest BCUT2D eigenvalue weighted by molar-refractivity contribution is -0.124. The molecule has 1 atom stereocenters. The number of hydrogen-bond acceptors (Lipinski definition) is 5. The number of esters is 1. The summed E-state index contributed by atoms with van der Waals surface area (Å²) >= 11 is 1.26. The van der Waals surface area contributed by atoms with Crippen molar-refractivity contribution in [2.75, 3.05) is 6.61 Å². The van der Waals surface area contributed by atoms with Crippen molar-refractivity contribution >= 4 is 23.2 Å². The summed E-state index contributed by atoms with van der Waals surface area (Å²) in [5.74, 6) is -0.885. The lowest BCUT2D eigenvalue weighted by Crippen LogP contribution is -2.31. The molecule has 5 nitrogen and oxygen atoms in total. The summed E-state index contributed by atoms with van der Waals surface area (Å²) in [4.78, 5) is 29.4. The number of ether oxygens (including phenoxy) is 1. The number of thiazole rings is 1. The number of carbonyl (C=O) groups excluding carboxylic acids is 2. The minimum absolute atomic E-state index is 0.164. The molecule has 0 spiro atoms. The molecule has 0 radical (unpaired) electrons. The Labute approximate surface area is 162 Å². The van der Waals surface area contributed by atoms with Crippen molar-refractivity contribution in [2.45, 2.75) is 19.9 Å². The number of aromatic nitrogens is 1. The van der Waals surface area contributed by atoms with Crippen molar-refractivity contribution in [2.24, 2.45) is 0 Å². The molecule has 1 aromatic heterocycles. The van der Waals surface area contributed by atoms with Gasteiger partial charge in [-0.25, -0.2) is 9.78 Å². The van der Waals surface area contributed by atoms with Crippen molar-refractivity contribution in [3.05, 3.63) is 76.1 Å². The van der Waals surface area contributed by atoms with E-state index in [2.05, 4.69) is 10.3 Å². The maximum atomic E-state index is 12.5. The zero-order valence-electron chi connectivity index (χ0n) is 15.1. The van der Waals surface area contributed by atoms with Crippen LogP contribution in [0.3, 0.4) is 0 Å². The molecule has 0 aliphatic rings. The van der Waals surface area contributed by atoms with E-state index in [1.54, 1.807) is 0 Å². The zero-order chi connectivity index (χ0) is 19.2. The Kier molecular flexibility index (Phi) is 5.98. The number of amides is 1. The first-order chi connectivity index (χ1) is 13.0. The monoisotopic (exact) mass is 380 g/mol. The molecule has 3 aromatic rings. The number of carbonyl (C=O) groups is 2. The van der Waals surface area contributed by atoms with E-state index in [9.17, 15) is 9.59 Å². The number of rotatable bonds is 6. The maximum absolute atomic E-state index is 12.5. The molecule has 0 unspecified atom stereocenters. The van der Waals surface area contributed by atoms with Crippen LogP contribution in [0.5, 0.6) is 0 Å². The summed E-state index contributed by atoms with van der Waals surface area (Å²) in [6, 6.07) is 18.9. The number of benzene rings is 2. The van der Waals surface area contributed by atoms with E-state index in [-0.39, 0.29) is 18.6 Å². The molecule has 1 N–H and O–H groups in total. The summed E-state index contributed by atoms with van der Waals surface area (Å²) in [7, 11) is 0. The van der Waals surface area contributed by atoms with E-state index in [1.807, 2.05) is 74.5 Å². The Balaban J connectivity index is 1.62. The first-order valence-corrected chi connectivity index (χ1v) is 9.40. The molecule has 0 saturated carbocycles. The second-order valence-electron chi connectivity index (χ2n) is 6.05. The summed E-state index contributed by atoms with van der Waals surface area (Å²) in [6.45, 7) is 3.39. The average Bonchev–Trinajstić information content (AvgIpc) is 3.09. The van der Waals surface area contributed by atoms with Gasteiger partial charge in [-0.1, -0.05) is 60.7 Å². The van der Waals surface area contributed by atoms with Crippen molar-refractivity contribution in [3.8, 4) is 11.3 Å². The highest BCUT2D eigenvalue weighted by molar-refractivity contribution is 7.14. The molecule has 3 rings (SSSR count). The molecule has 0 aliphatic heterocycles. The van der Waals surface area contributed by atoms with Crippen LogP contribution >= 0.6 is 11.3 Å². The molecule has 1 heterocycles. The lowest BCUT2D eigenvalue weighted by atomic mass is 10.1. The first kappa shape index (κ1) is 18.8. The van der Waals surface area contributed by atoms with Gasteiger partial charge in [0, 0.05) is 5.56 Å². The van der Waals surface area contributed by atoms with E-state index in [0.717, 1.165) is 16.1 Å². The molecular formula is C21H20N2O3S. The number of nitrogens with zero attached hydrogens (tertiary/aromatic N) is 1. The molecule has 0 aliphatic carbocycles. The normalized spacial score (nSPS) is 11.6. The highest BCUT2D eigenvalue weighted by Gasteiger charge is 2.20. The Morgan fingerprint density at radius 3 is 2.37 bits per heavy atom. The summed E-state index contributed by atoms with van der Waals surface area (Å²) in [5, 5.41) is 3.59. The molecule has 0 fully saturated rings. The topological polar surface area (TPSA) is 68.3 Å². The van der Waals surface area contributed by atoms with Gasteiger partial charge in [0.1, 0.15) is 4.88 Å². The quantitative estimate of drug-likeness (QED) is 0.652. The highest BCUT2D eigenvalue weighted by Crippen LogP contribution is 2.28.